The van der Waals surface area contributed by atoms with Crippen LogP contribution in [0.4, 0.5) is 0 Å². The summed E-state index contributed by atoms with van der Waals surface area (Å²) in [6, 6.07) is 10.0. The molecule has 0 aliphatic carbocycles. The van der Waals surface area contributed by atoms with Gasteiger partial charge in [0.1, 0.15) is 12.4 Å². The number of amides is 1. The number of carbonyl (C=O) groups excluding carboxylic acids is 1. The van der Waals surface area contributed by atoms with Crippen LogP contribution in [0.1, 0.15) is 33.6 Å². The molecule has 1 atom stereocenters. The lowest BCUT2D eigenvalue weighted by Gasteiger charge is -2.25. The number of carboxylic acids is 1. The molecule has 1 aromatic heterocycles. The third kappa shape index (κ3) is 2.55. The molecule has 0 saturated heterocycles. The molecule has 0 saturated carbocycles. The summed E-state index contributed by atoms with van der Waals surface area (Å²) in [5, 5.41) is 8.88. The molecule has 1 amide bonds. The molecule has 0 spiro atoms. The van der Waals surface area contributed by atoms with E-state index >= 15 is 0 Å². The lowest BCUT2D eigenvalue weighted by Crippen LogP contribution is -2.39. The van der Waals surface area contributed by atoms with Crippen LogP contribution < -0.4 is 4.74 Å². The van der Waals surface area contributed by atoms with E-state index in [-0.39, 0.29) is 23.5 Å². The molecular weight excluding hydrogens is 286 g/mol. The highest BCUT2D eigenvalue weighted by molar-refractivity contribution is 5.93. The van der Waals surface area contributed by atoms with Gasteiger partial charge in [-0.3, -0.25) is 4.79 Å². The minimum atomic E-state index is -1.20. The highest BCUT2D eigenvalue weighted by atomic mass is 16.5. The summed E-state index contributed by atoms with van der Waals surface area (Å²) in [4.78, 5) is 25.1. The van der Waals surface area contributed by atoms with Crippen LogP contribution in [-0.4, -0.2) is 34.5 Å². The summed E-state index contributed by atoms with van der Waals surface area (Å²) < 4.78 is 10.8. The molecule has 6 nitrogen and oxygen atoms in total. The number of rotatable bonds is 2. The number of hydrogen-bond donors (Lipinski definition) is 1. The van der Waals surface area contributed by atoms with Crippen molar-refractivity contribution in [3.63, 3.8) is 0 Å². The smallest absolute Gasteiger partial charge is 0.371 e. The van der Waals surface area contributed by atoms with Gasteiger partial charge in [-0.05, 0) is 25.1 Å². The zero-order chi connectivity index (χ0) is 15.7. The summed E-state index contributed by atoms with van der Waals surface area (Å²) in [5.74, 6) is -1.02. The second-order valence-electron chi connectivity index (χ2n) is 5.17. The van der Waals surface area contributed by atoms with Crippen LogP contribution in [0.2, 0.25) is 0 Å². The fourth-order valence-corrected chi connectivity index (χ4v) is 2.40. The molecular formula is C16H15NO5. The number of carbonyl (C=O) groups is 2. The minimum Gasteiger partial charge on any atom is -0.491 e. The average molecular weight is 301 g/mol. The molecule has 114 valence electrons. The van der Waals surface area contributed by atoms with Gasteiger partial charge in [0.15, 0.2) is 5.76 Å². The lowest BCUT2D eigenvalue weighted by atomic mass is 10.1. The second kappa shape index (κ2) is 5.55. The van der Waals surface area contributed by atoms with E-state index in [0.29, 0.717) is 13.2 Å². The van der Waals surface area contributed by atoms with Crippen molar-refractivity contribution in [2.24, 2.45) is 0 Å². The normalized spacial score (nSPS) is 17.3. The maximum absolute atomic E-state index is 12.6. The third-order valence-corrected chi connectivity index (χ3v) is 3.61. The predicted molar refractivity (Wildman–Crippen MR) is 76.9 cm³/mol. The van der Waals surface area contributed by atoms with Gasteiger partial charge in [-0.2, -0.15) is 0 Å². The van der Waals surface area contributed by atoms with Gasteiger partial charge >= 0.3 is 5.97 Å². The fourth-order valence-electron chi connectivity index (χ4n) is 2.40. The fraction of sp³-hybridized carbons (Fsp3) is 0.250. The van der Waals surface area contributed by atoms with Crippen LogP contribution in [0.3, 0.4) is 0 Å². The van der Waals surface area contributed by atoms with Gasteiger partial charge in [0.05, 0.1) is 12.6 Å². The number of hydrogen-bond acceptors (Lipinski definition) is 4. The van der Waals surface area contributed by atoms with Crippen molar-refractivity contribution in [3.05, 3.63) is 53.5 Å². The van der Waals surface area contributed by atoms with Gasteiger partial charge in [-0.25, -0.2) is 4.79 Å². The van der Waals surface area contributed by atoms with Crippen LogP contribution in [0.5, 0.6) is 5.75 Å². The van der Waals surface area contributed by atoms with E-state index in [1.165, 1.54) is 12.1 Å². The number of nitrogens with zero attached hydrogens (tertiary/aromatic N) is 1. The molecule has 3 rings (SSSR count). The van der Waals surface area contributed by atoms with Gasteiger partial charge in [0.2, 0.25) is 5.76 Å². The molecule has 6 heteroatoms. The summed E-state index contributed by atoms with van der Waals surface area (Å²) in [7, 11) is 0. The number of para-hydroxylation sites is 1. The van der Waals surface area contributed by atoms with Gasteiger partial charge in [0, 0.05) is 5.56 Å². The Morgan fingerprint density at radius 1 is 1.18 bits per heavy atom. The summed E-state index contributed by atoms with van der Waals surface area (Å²) >= 11 is 0. The van der Waals surface area contributed by atoms with Crippen LogP contribution in [-0.2, 0) is 6.54 Å². The van der Waals surface area contributed by atoms with Gasteiger partial charge in [-0.1, -0.05) is 18.2 Å². The Kier molecular flexibility index (Phi) is 3.58. The number of benzene rings is 1. The molecule has 0 bridgehead atoms. The first-order valence-corrected chi connectivity index (χ1v) is 6.91. The first-order chi connectivity index (χ1) is 10.6. The van der Waals surface area contributed by atoms with Gasteiger partial charge in [0.25, 0.3) is 5.91 Å². The van der Waals surface area contributed by atoms with Crippen LogP contribution in [0, 0.1) is 0 Å². The van der Waals surface area contributed by atoms with Crippen LogP contribution in [0.15, 0.2) is 40.8 Å². The Morgan fingerprint density at radius 2 is 1.91 bits per heavy atom. The number of aromatic carboxylic acids is 1. The zero-order valence-corrected chi connectivity index (χ0v) is 12.0. The van der Waals surface area contributed by atoms with Crippen molar-refractivity contribution < 1.29 is 23.8 Å². The van der Waals surface area contributed by atoms with Crippen molar-refractivity contribution in [2.75, 3.05) is 6.61 Å². The van der Waals surface area contributed by atoms with E-state index in [2.05, 4.69) is 0 Å². The molecule has 2 aromatic rings. The quantitative estimate of drug-likeness (QED) is 0.921. The maximum atomic E-state index is 12.6. The number of fused-ring (bicyclic) bond motifs is 1. The summed E-state index contributed by atoms with van der Waals surface area (Å²) in [6.07, 6.45) is 0. The van der Waals surface area contributed by atoms with E-state index in [0.717, 1.165) is 11.3 Å². The highest BCUT2D eigenvalue weighted by Crippen LogP contribution is 2.26. The molecule has 0 fully saturated rings. The van der Waals surface area contributed by atoms with Gasteiger partial charge in [-0.15, -0.1) is 0 Å². The average Bonchev–Trinajstić information content (AvgIpc) is 2.94. The second-order valence-corrected chi connectivity index (χ2v) is 5.17. The summed E-state index contributed by atoms with van der Waals surface area (Å²) in [5.41, 5.74) is 0.908. The Labute approximate surface area is 126 Å². The van der Waals surface area contributed by atoms with E-state index in [1.807, 2.05) is 31.2 Å². The van der Waals surface area contributed by atoms with Crippen molar-refractivity contribution >= 4 is 11.9 Å². The zero-order valence-electron chi connectivity index (χ0n) is 12.0. The SMILES string of the molecule is CC1COc2ccccc2CN1C(=O)c1ccc(C(=O)O)o1. The largest absolute Gasteiger partial charge is 0.491 e. The van der Waals surface area contributed by atoms with Crippen molar-refractivity contribution in [3.8, 4) is 5.75 Å². The first kappa shape index (κ1) is 14.2. The van der Waals surface area contributed by atoms with Gasteiger partial charge < -0.3 is 19.2 Å². The molecule has 0 radical (unpaired) electrons. The van der Waals surface area contributed by atoms with Crippen molar-refractivity contribution in [1.82, 2.24) is 4.90 Å². The monoisotopic (exact) mass is 301 g/mol. The summed E-state index contributed by atoms with van der Waals surface area (Å²) in [6.45, 7) is 2.64. The topological polar surface area (TPSA) is 80.0 Å². The van der Waals surface area contributed by atoms with Crippen LogP contribution >= 0.6 is 0 Å². The van der Waals surface area contributed by atoms with E-state index in [1.54, 1.807) is 4.90 Å². The van der Waals surface area contributed by atoms with E-state index in [4.69, 9.17) is 14.3 Å². The Balaban J connectivity index is 1.88. The molecule has 1 unspecified atom stereocenters. The first-order valence-electron chi connectivity index (χ1n) is 6.91. The number of carboxylic acid groups (broad SMARTS) is 1. The maximum Gasteiger partial charge on any atom is 0.371 e. The molecule has 1 N–H and O–H groups in total. The Morgan fingerprint density at radius 3 is 2.64 bits per heavy atom. The molecule has 1 aliphatic heterocycles. The highest BCUT2D eigenvalue weighted by Gasteiger charge is 2.28. The lowest BCUT2D eigenvalue weighted by molar-refractivity contribution is 0.0597. The van der Waals surface area contributed by atoms with E-state index in [9.17, 15) is 9.59 Å². The molecule has 22 heavy (non-hydrogen) atoms. The standard InChI is InChI=1S/C16H15NO5/c1-10-9-21-12-5-3-2-4-11(12)8-17(10)15(18)13-6-7-14(22-13)16(19)20/h2-7,10H,8-9H2,1H3,(H,19,20). The number of ether oxygens (including phenoxy) is 1. The molecule has 1 aromatic carbocycles. The molecule has 1 aliphatic rings. The third-order valence-electron chi connectivity index (χ3n) is 3.61. The Bertz CT molecular complexity index is 721. The number of furan rings is 1. The predicted octanol–water partition coefficient (Wildman–Crippen LogP) is 2.40. The van der Waals surface area contributed by atoms with Crippen molar-refractivity contribution in [1.29, 1.82) is 0 Å². The van der Waals surface area contributed by atoms with E-state index < -0.39 is 5.97 Å². The van der Waals surface area contributed by atoms with Crippen molar-refractivity contribution in [2.45, 2.75) is 19.5 Å². The Hall–Kier alpha value is -2.76. The minimum absolute atomic E-state index is 0.0173. The molecule has 2 heterocycles. The van der Waals surface area contributed by atoms with Crippen LogP contribution in [0.25, 0.3) is 0 Å².